The molecule has 0 bridgehead atoms. The highest BCUT2D eigenvalue weighted by Crippen LogP contribution is 2.35. The van der Waals surface area contributed by atoms with Gasteiger partial charge in [-0.25, -0.2) is 9.37 Å². The summed E-state index contributed by atoms with van der Waals surface area (Å²) in [5.41, 5.74) is 3.43. The topological polar surface area (TPSA) is 77.7 Å². The Kier molecular flexibility index (Phi) is 3.93. The molecule has 4 heterocycles. The first-order valence-corrected chi connectivity index (χ1v) is 9.25. The highest BCUT2D eigenvalue weighted by Gasteiger charge is 2.33. The van der Waals surface area contributed by atoms with E-state index in [4.69, 9.17) is 0 Å². The maximum absolute atomic E-state index is 14.3. The first-order chi connectivity index (χ1) is 13.7. The van der Waals surface area contributed by atoms with Crippen LogP contribution in [0.2, 0.25) is 0 Å². The molecule has 0 unspecified atom stereocenters. The van der Waals surface area contributed by atoms with Gasteiger partial charge in [0, 0.05) is 35.5 Å². The number of H-pyrrole nitrogens is 2. The fourth-order valence-corrected chi connectivity index (χ4v) is 3.97. The first kappa shape index (κ1) is 16.7. The van der Waals surface area contributed by atoms with Gasteiger partial charge in [0.1, 0.15) is 11.5 Å². The highest BCUT2D eigenvalue weighted by molar-refractivity contribution is 6.06. The predicted octanol–water partition coefficient (Wildman–Crippen LogP) is 4.07. The smallest absolute Gasteiger partial charge is 0.256 e. The number of nitrogens with zero attached hydrogens (tertiary/aromatic N) is 3. The van der Waals surface area contributed by atoms with Crippen LogP contribution < -0.4 is 0 Å². The number of aromatic nitrogens is 4. The van der Waals surface area contributed by atoms with Gasteiger partial charge in [0.15, 0.2) is 0 Å². The molecule has 1 aliphatic rings. The van der Waals surface area contributed by atoms with E-state index in [-0.39, 0.29) is 17.8 Å². The maximum atomic E-state index is 14.3. The molecule has 1 fully saturated rings. The summed E-state index contributed by atoms with van der Waals surface area (Å²) in [5.74, 6) is -0.368. The average Bonchev–Trinajstić information content (AvgIpc) is 3.47. The Morgan fingerprint density at radius 3 is 2.89 bits per heavy atom. The number of hydrogen-bond acceptors (Lipinski definition) is 3. The molecule has 0 spiro atoms. The molecule has 3 aromatic heterocycles. The summed E-state index contributed by atoms with van der Waals surface area (Å²) in [5, 5.41) is 7.47. The van der Waals surface area contributed by atoms with E-state index in [2.05, 4.69) is 20.2 Å². The van der Waals surface area contributed by atoms with Crippen molar-refractivity contribution in [2.45, 2.75) is 18.9 Å². The minimum atomic E-state index is -0.266. The molecule has 1 amide bonds. The van der Waals surface area contributed by atoms with Crippen molar-refractivity contribution in [3.05, 3.63) is 71.9 Å². The zero-order valence-corrected chi connectivity index (χ0v) is 15.0. The molecule has 6 nitrogen and oxygen atoms in total. The van der Waals surface area contributed by atoms with Crippen molar-refractivity contribution < 1.29 is 9.18 Å². The number of rotatable bonds is 3. The Balaban J connectivity index is 1.49. The maximum Gasteiger partial charge on any atom is 0.256 e. The van der Waals surface area contributed by atoms with Gasteiger partial charge in [-0.05, 0) is 31.0 Å². The van der Waals surface area contributed by atoms with Gasteiger partial charge in [0.2, 0.25) is 0 Å². The third kappa shape index (κ3) is 2.67. The lowest BCUT2D eigenvalue weighted by molar-refractivity contribution is 0.0735. The van der Waals surface area contributed by atoms with E-state index in [9.17, 15) is 9.18 Å². The number of fused-ring (bicyclic) bond motifs is 1. The zero-order chi connectivity index (χ0) is 19.1. The molecular formula is C21H18FN5O. The van der Waals surface area contributed by atoms with Gasteiger partial charge in [-0.3, -0.25) is 9.89 Å². The van der Waals surface area contributed by atoms with Crippen molar-refractivity contribution in [2.24, 2.45) is 0 Å². The summed E-state index contributed by atoms with van der Waals surface area (Å²) in [6, 6.07) is 10.2. The number of aromatic amines is 2. The van der Waals surface area contributed by atoms with Crippen molar-refractivity contribution in [3.8, 4) is 11.3 Å². The fraction of sp³-hybridized carbons (Fsp3) is 0.190. The lowest BCUT2D eigenvalue weighted by Crippen LogP contribution is -2.30. The number of carbonyl (C=O) groups excluding carboxylic acids is 1. The second-order valence-electron chi connectivity index (χ2n) is 6.96. The van der Waals surface area contributed by atoms with Crippen LogP contribution >= 0.6 is 0 Å². The van der Waals surface area contributed by atoms with Crippen LogP contribution in [0.15, 0.2) is 55.0 Å². The Bertz CT molecular complexity index is 1150. The summed E-state index contributed by atoms with van der Waals surface area (Å²) >= 11 is 0. The SMILES string of the molecule is O=C(c1c[nH]c2nc(-c3cn[nH]c3)ccc12)N1CCC[C@@H]1c1ccccc1F. The van der Waals surface area contributed by atoms with Crippen molar-refractivity contribution in [3.63, 3.8) is 0 Å². The predicted molar refractivity (Wildman–Crippen MR) is 103 cm³/mol. The molecule has 1 saturated heterocycles. The number of likely N-dealkylation sites (tertiary alicyclic amines) is 1. The molecule has 4 aromatic rings. The molecule has 7 heteroatoms. The van der Waals surface area contributed by atoms with Crippen LogP contribution in [-0.4, -0.2) is 37.5 Å². The Morgan fingerprint density at radius 1 is 1.18 bits per heavy atom. The minimum Gasteiger partial charge on any atom is -0.345 e. The van der Waals surface area contributed by atoms with E-state index in [1.54, 1.807) is 35.6 Å². The molecule has 0 aliphatic carbocycles. The molecule has 28 heavy (non-hydrogen) atoms. The number of nitrogens with one attached hydrogen (secondary N) is 2. The van der Waals surface area contributed by atoms with Crippen LogP contribution in [-0.2, 0) is 0 Å². The summed E-state index contributed by atoms with van der Waals surface area (Å²) in [6.07, 6.45) is 6.78. The molecule has 1 aromatic carbocycles. The van der Waals surface area contributed by atoms with Gasteiger partial charge in [-0.15, -0.1) is 0 Å². The summed E-state index contributed by atoms with van der Waals surface area (Å²) in [4.78, 5) is 22.7. The number of hydrogen-bond donors (Lipinski definition) is 2. The number of carbonyl (C=O) groups is 1. The molecular weight excluding hydrogens is 357 g/mol. The highest BCUT2D eigenvalue weighted by atomic mass is 19.1. The second kappa shape index (κ2) is 6.60. The lowest BCUT2D eigenvalue weighted by Gasteiger charge is -2.25. The van der Waals surface area contributed by atoms with Gasteiger partial charge in [0.05, 0.1) is 23.5 Å². The molecule has 1 aliphatic heterocycles. The van der Waals surface area contributed by atoms with Crippen molar-refractivity contribution >= 4 is 16.9 Å². The van der Waals surface area contributed by atoms with Crippen molar-refractivity contribution in [1.29, 1.82) is 0 Å². The number of halogens is 1. The third-order valence-corrected chi connectivity index (χ3v) is 5.34. The zero-order valence-electron chi connectivity index (χ0n) is 15.0. The summed E-state index contributed by atoms with van der Waals surface area (Å²) in [7, 11) is 0. The van der Waals surface area contributed by atoms with Crippen LogP contribution in [0.5, 0.6) is 0 Å². The standard InChI is InChI=1S/C21H18FN5O/c22-17-5-2-1-4-15(17)19-6-3-9-27(19)21(28)16-12-23-20-14(16)7-8-18(26-20)13-10-24-25-11-13/h1-2,4-5,7-8,10-12,19H,3,6,9H2,(H,23,26)(H,24,25)/t19-/m1/s1. The van der Waals surface area contributed by atoms with Crippen LogP contribution in [0.25, 0.3) is 22.3 Å². The van der Waals surface area contributed by atoms with E-state index in [1.165, 1.54) is 6.07 Å². The molecule has 0 saturated carbocycles. The van der Waals surface area contributed by atoms with Gasteiger partial charge in [-0.1, -0.05) is 18.2 Å². The first-order valence-electron chi connectivity index (χ1n) is 9.25. The van der Waals surface area contributed by atoms with Crippen molar-refractivity contribution in [1.82, 2.24) is 25.1 Å². The lowest BCUT2D eigenvalue weighted by atomic mass is 10.0. The Morgan fingerprint density at radius 2 is 2.07 bits per heavy atom. The second-order valence-corrected chi connectivity index (χ2v) is 6.96. The minimum absolute atomic E-state index is 0.102. The van der Waals surface area contributed by atoms with Crippen molar-refractivity contribution in [2.75, 3.05) is 6.54 Å². The summed E-state index contributed by atoms with van der Waals surface area (Å²) < 4.78 is 14.3. The Labute approximate surface area is 160 Å². The van der Waals surface area contributed by atoms with E-state index >= 15 is 0 Å². The Hall–Kier alpha value is -3.48. The fourth-order valence-electron chi connectivity index (χ4n) is 3.97. The van der Waals surface area contributed by atoms with E-state index in [0.29, 0.717) is 23.3 Å². The van der Waals surface area contributed by atoms with E-state index in [0.717, 1.165) is 29.5 Å². The van der Waals surface area contributed by atoms with Gasteiger partial charge in [0.25, 0.3) is 5.91 Å². The van der Waals surface area contributed by atoms with Crippen LogP contribution in [0.3, 0.4) is 0 Å². The average molecular weight is 375 g/mol. The van der Waals surface area contributed by atoms with Crippen LogP contribution in [0, 0.1) is 5.82 Å². The molecule has 2 N–H and O–H groups in total. The van der Waals surface area contributed by atoms with Gasteiger partial charge < -0.3 is 9.88 Å². The summed E-state index contributed by atoms with van der Waals surface area (Å²) in [6.45, 7) is 0.616. The molecule has 0 radical (unpaired) electrons. The van der Waals surface area contributed by atoms with E-state index in [1.807, 2.05) is 18.2 Å². The van der Waals surface area contributed by atoms with Gasteiger partial charge in [-0.2, -0.15) is 5.10 Å². The number of amides is 1. The number of benzene rings is 1. The number of pyridine rings is 1. The third-order valence-electron chi connectivity index (χ3n) is 5.34. The normalized spacial score (nSPS) is 16.8. The molecule has 1 atom stereocenters. The van der Waals surface area contributed by atoms with E-state index < -0.39 is 0 Å². The van der Waals surface area contributed by atoms with Crippen LogP contribution in [0.4, 0.5) is 4.39 Å². The quantitative estimate of drug-likeness (QED) is 0.567. The monoisotopic (exact) mass is 375 g/mol. The molecule has 140 valence electrons. The largest absolute Gasteiger partial charge is 0.345 e. The van der Waals surface area contributed by atoms with Crippen LogP contribution in [0.1, 0.15) is 34.8 Å². The molecule has 5 rings (SSSR count). The van der Waals surface area contributed by atoms with Gasteiger partial charge >= 0.3 is 0 Å².